The molecule has 0 atom stereocenters. The van der Waals surface area contributed by atoms with Gasteiger partial charge in [0.1, 0.15) is 0 Å². The molecular formula is C14H17N3O8S. The lowest BCUT2D eigenvalue weighted by atomic mass is 10.2. The van der Waals surface area contributed by atoms with Gasteiger partial charge in [-0.1, -0.05) is 12.5 Å². The molecule has 0 spiro atoms. The van der Waals surface area contributed by atoms with Crippen LogP contribution in [-0.4, -0.2) is 42.8 Å². The summed E-state index contributed by atoms with van der Waals surface area (Å²) in [7, 11) is -4.44. The number of carbonyl (C=O) groups is 3. The average Bonchev–Trinajstić information content (AvgIpc) is 2.57. The van der Waals surface area contributed by atoms with Crippen LogP contribution in [0.5, 0.6) is 0 Å². The number of aliphatic carboxylic acids is 1. The van der Waals surface area contributed by atoms with Crippen molar-refractivity contribution in [3.63, 3.8) is 0 Å². The van der Waals surface area contributed by atoms with Gasteiger partial charge in [0, 0.05) is 25.1 Å². The van der Waals surface area contributed by atoms with Crippen molar-refractivity contribution in [1.82, 2.24) is 10.0 Å². The first-order chi connectivity index (χ1) is 12.1. The molecule has 1 aromatic rings. The lowest BCUT2D eigenvalue weighted by Crippen LogP contribution is -2.42. The monoisotopic (exact) mass is 387 g/mol. The van der Waals surface area contributed by atoms with Gasteiger partial charge < -0.3 is 10.4 Å². The third-order valence-electron chi connectivity index (χ3n) is 3.13. The van der Waals surface area contributed by atoms with Gasteiger partial charge in [-0.2, -0.15) is 0 Å². The second-order valence-corrected chi connectivity index (χ2v) is 6.83. The van der Waals surface area contributed by atoms with Gasteiger partial charge in [-0.15, -0.1) is 0 Å². The summed E-state index contributed by atoms with van der Waals surface area (Å²) in [5.74, 6) is -3.54. The number of nitro groups is 1. The summed E-state index contributed by atoms with van der Waals surface area (Å²) in [5.41, 5.74) is -0.480. The fourth-order valence-electron chi connectivity index (χ4n) is 1.85. The Balaban J connectivity index is 2.54. The number of carbonyl (C=O) groups excluding carboxylic acids is 2. The SMILES string of the molecule is O=C(O)CCCCCNC(=O)C(=O)NS(=O)(=O)c1cccc([N+](=O)[O-])c1. The summed E-state index contributed by atoms with van der Waals surface area (Å²) in [5, 5.41) is 21.3. The second-order valence-electron chi connectivity index (χ2n) is 5.15. The van der Waals surface area contributed by atoms with Crippen LogP contribution in [0.15, 0.2) is 29.2 Å². The highest BCUT2D eigenvalue weighted by Crippen LogP contribution is 2.16. The highest BCUT2D eigenvalue weighted by atomic mass is 32.2. The van der Waals surface area contributed by atoms with E-state index in [9.17, 15) is 32.9 Å². The van der Waals surface area contributed by atoms with E-state index in [0.717, 1.165) is 24.3 Å². The fraction of sp³-hybridized carbons (Fsp3) is 0.357. The molecule has 0 aliphatic rings. The van der Waals surface area contributed by atoms with Gasteiger partial charge in [-0.25, -0.2) is 13.1 Å². The molecule has 0 aliphatic carbocycles. The third-order valence-corrected chi connectivity index (χ3v) is 4.45. The van der Waals surface area contributed by atoms with E-state index < -0.39 is 43.3 Å². The predicted octanol–water partition coefficient (Wildman–Crippen LogP) is 0.161. The van der Waals surface area contributed by atoms with E-state index in [1.807, 2.05) is 0 Å². The molecule has 142 valence electrons. The van der Waals surface area contributed by atoms with Crippen molar-refractivity contribution >= 4 is 33.5 Å². The minimum Gasteiger partial charge on any atom is -0.481 e. The fourth-order valence-corrected chi connectivity index (χ4v) is 2.84. The molecule has 26 heavy (non-hydrogen) atoms. The lowest BCUT2D eigenvalue weighted by Gasteiger charge is -2.07. The van der Waals surface area contributed by atoms with Gasteiger partial charge in [0.25, 0.3) is 15.7 Å². The first-order valence-electron chi connectivity index (χ1n) is 7.44. The molecule has 0 aromatic heterocycles. The Bertz CT molecular complexity index is 806. The van der Waals surface area contributed by atoms with Crippen molar-refractivity contribution in [2.75, 3.05) is 6.54 Å². The summed E-state index contributed by atoms with van der Waals surface area (Å²) in [6, 6.07) is 4.02. The largest absolute Gasteiger partial charge is 0.481 e. The maximum Gasteiger partial charge on any atom is 0.322 e. The highest BCUT2D eigenvalue weighted by molar-refractivity contribution is 7.90. The van der Waals surface area contributed by atoms with E-state index >= 15 is 0 Å². The molecule has 12 heteroatoms. The molecule has 0 fully saturated rings. The molecule has 0 unspecified atom stereocenters. The number of carboxylic acids is 1. The Morgan fingerprint density at radius 3 is 2.42 bits per heavy atom. The topological polar surface area (TPSA) is 173 Å². The molecule has 0 saturated heterocycles. The van der Waals surface area contributed by atoms with Crippen molar-refractivity contribution in [3.8, 4) is 0 Å². The summed E-state index contributed by atoms with van der Waals surface area (Å²) in [6.07, 6.45) is 1.35. The van der Waals surface area contributed by atoms with Crippen molar-refractivity contribution in [2.24, 2.45) is 0 Å². The summed E-state index contributed by atoms with van der Waals surface area (Å²) in [6.45, 7) is 0.0722. The van der Waals surface area contributed by atoms with Crippen LogP contribution in [0.1, 0.15) is 25.7 Å². The van der Waals surface area contributed by atoms with Crippen LogP contribution in [0.3, 0.4) is 0 Å². The van der Waals surface area contributed by atoms with Crippen LogP contribution in [0.4, 0.5) is 5.69 Å². The molecule has 11 nitrogen and oxygen atoms in total. The zero-order valence-corrected chi connectivity index (χ0v) is 14.3. The van der Waals surface area contributed by atoms with Gasteiger partial charge in [0.2, 0.25) is 0 Å². The Morgan fingerprint density at radius 1 is 1.12 bits per heavy atom. The summed E-state index contributed by atoms with van der Waals surface area (Å²) in [4.78, 5) is 42.9. The maximum absolute atomic E-state index is 12.0. The van der Waals surface area contributed by atoms with E-state index in [2.05, 4.69) is 5.32 Å². The number of carboxylic acid groups (broad SMARTS) is 1. The number of nitro benzene ring substituents is 1. The van der Waals surface area contributed by atoms with Crippen LogP contribution in [0.25, 0.3) is 0 Å². The molecule has 2 amide bonds. The number of amides is 2. The van der Waals surface area contributed by atoms with E-state index in [4.69, 9.17) is 5.11 Å². The van der Waals surface area contributed by atoms with Gasteiger partial charge in [0.05, 0.1) is 9.82 Å². The quantitative estimate of drug-likeness (QED) is 0.232. The van der Waals surface area contributed by atoms with Crippen molar-refractivity contribution in [3.05, 3.63) is 34.4 Å². The second kappa shape index (κ2) is 9.46. The molecule has 0 radical (unpaired) electrons. The van der Waals surface area contributed by atoms with Gasteiger partial charge in [-0.3, -0.25) is 24.5 Å². The number of hydrogen-bond acceptors (Lipinski definition) is 7. The van der Waals surface area contributed by atoms with Crippen molar-refractivity contribution in [2.45, 2.75) is 30.6 Å². The smallest absolute Gasteiger partial charge is 0.322 e. The van der Waals surface area contributed by atoms with Crippen LogP contribution in [-0.2, 0) is 24.4 Å². The number of hydrogen-bond donors (Lipinski definition) is 3. The number of nitrogens with one attached hydrogen (secondary N) is 2. The molecule has 0 saturated carbocycles. The molecule has 0 bridgehead atoms. The molecule has 3 N–H and O–H groups in total. The maximum atomic E-state index is 12.0. The molecule has 0 heterocycles. The van der Waals surface area contributed by atoms with Crippen molar-refractivity contribution in [1.29, 1.82) is 0 Å². The Kier molecular flexibility index (Phi) is 7.65. The van der Waals surface area contributed by atoms with Gasteiger partial charge in [-0.05, 0) is 18.9 Å². The summed E-state index contributed by atoms with van der Waals surface area (Å²) >= 11 is 0. The van der Waals surface area contributed by atoms with E-state index in [1.54, 1.807) is 0 Å². The van der Waals surface area contributed by atoms with E-state index in [0.29, 0.717) is 19.3 Å². The highest BCUT2D eigenvalue weighted by Gasteiger charge is 2.23. The summed E-state index contributed by atoms with van der Waals surface area (Å²) < 4.78 is 25.5. The van der Waals surface area contributed by atoms with Crippen LogP contribution >= 0.6 is 0 Å². The first kappa shape index (κ1) is 21.0. The molecule has 1 aromatic carbocycles. The lowest BCUT2D eigenvalue weighted by molar-refractivity contribution is -0.385. The average molecular weight is 387 g/mol. The number of non-ortho nitro benzene ring substituents is 1. The number of nitrogens with zero attached hydrogens (tertiary/aromatic N) is 1. The predicted molar refractivity (Wildman–Crippen MR) is 87.5 cm³/mol. The van der Waals surface area contributed by atoms with Gasteiger partial charge in [0.15, 0.2) is 0 Å². The van der Waals surface area contributed by atoms with E-state index in [-0.39, 0.29) is 13.0 Å². The van der Waals surface area contributed by atoms with Gasteiger partial charge >= 0.3 is 17.8 Å². The molecule has 1 rings (SSSR count). The van der Waals surface area contributed by atoms with Crippen LogP contribution in [0.2, 0.25) is 0 Å². The first-order valence-corrected chi connectivity index (χ1v) is 8.93. The molecular weight excluding hydrogens is 370 g/mol. The Morgan fingerprint density at radius 2 is 1.81 bits per heavy atom. The van der Waals surface area contributed by atoms with E-state index in [1.165, 1.54) is 4.72 Å². The number of rotatable bonds is 9. The number of sulfonamides is 1. The molecule has 0 aliphatic heterocycles. The Labute approximate surface area is 148 Å². The van der Waals surface area contributed by atoms with Crippen LogP contribution < -0.4 is 10.0 Å². The zero-order chi connectivity index (χ0) is 19.7. The van der Waals surface area contributed by atoms with Crippen LogP contribution in [0, 0.1) is 10.1 Å². The number of unbranched alkanes of at least 4 members (excludes halogenated alkanes) is 2. The van der Waals surface area contributed by atoms with Crippen molar-refractivity contribution < 1.29 is 32.8 Å². The number of benzene rings is 1. The minimum absolute atomic E-state index is 0.00408. The Hall–Kier alpha value is -3.02. The minimum atomic E-state index is -4.44. The zero-order valence-electron chi connectivity index (χ0n) is 13.5. The third kappa shape index (κ3) is 6.84. The standard InChI is InChI=1S/C14H17N3O8S/c18-12(19)7-2-1-3-8-15-13(20)14(21)16-26(24,25)11-6-4-5-10(9-11)17(22)23/h4-6,9H,1-3,7-8H2,(H,15,20)(H,16,21)(H,18,19). The normalized spacial score (nSPS) is 10.8.